The molecule has 0 atom stereocenters. The molecule has 1 heterocycles. The summed E-state index contributed by atoms with van der Waals surface area (Å²) in [5.41, 5.74) is 1.85. The number of nitrogens with zero attached hydrogens (tertiary/aromatic N) is 1. The van der Waals surface area contributed by atoms with E-state index in [1.807, 2.05) is 24.3 Å². The molecule has 0 unspecified atom stereocenters. The normalized spacial score (nSPS) is 10.1. The van der Waals surface area contributed by atoms with Crippen molar-refractivity contribution in [2.24, 2.45) is 0 Å². The van der Waals surface area contributed by atoms with Crippen LogP contribution in [0.25, 0.3) is 11.0 Å². The van der Waals surface area contributed by atoms with Crippen molar-refractivity contribution in [1.82, 2.24) is 9.97 Å². The van der Waals surface area contributed by atoms with Crippen LogP contribution in [0, 0.1) is 4.64 Å². The fourth-order valence-corrected chi connectivity index (χ4v) is 1.55. The Morgan fingerprint density at radius 1 is 1.47 bits per heavy atom. The third-order valence-electron chi connectivity index (χ3n) is 2.01. The van der Waals surface area contributed by atoms with Crippen LogP contribution < -0.4 is 5.32 Å². The number of fused-ring (bicyclic) bond motifs is 1. The monoisotopic (exact) mass is 217 g/mol. The van der Waals surface area contributed by atoms with Gasteiger partial charge in [0.15, 0.2) is 5.82 Å². The van der Waals surface area contributed by atoms with E-state index in [1.165, 1.54) is 0 Å². The molecule has 0 aliphatic rings. The first-order valence-electron chi connectivity index (χ1n) is 4.65. The third kappa shape index (κ3) is 2.05. The van der Waals surface area contributed by atoms with Crippen LogP contribution >= 0.6 is 12.2 Å². The van der Waals surface area contributed by atoms with Crippen LogP contribution in [0.3, 0.4) is 0 Å². The Balaban J connectivity index is 2.52. The number of hydrogen-bond acceptors (Lipinski definition) is 3. The van der Waals surface area contributed by atoms with Crippen molar-refractivity contribution in [2.75, 3.05) is 11.9 Å². The number of anilines is 1. The molecule has 76 valence electrons. The topological polar surface area (TPSA) is 40.7 Å². The molecule has 0 spiro atoms. The molecule has 0 aliphatic carbocycles. The molecule has 0 bridgehead atoms. The van der Waals surface area contributed by atoms with Crippen LogP contribution in [-0.2, 0) is 0 Å². The molecule has 0 aliphatic heterocycles. The summed E-state index contributed by atoms with van der Waals surface area (Å²) in [5, 5.41) is 3.09. The minimum atomic E-state index is 0.621. The summed E-state index contributed by atoms with van der Waals surface area (Å²) < 4.78 is 0.621. The number of hydrogen-bond donors (Lipinski definition) is 2. The van der Waals surface area contributed by atoms with Gasteiger partial charge in [-0.1, -0.05) is 30.4 Å². The van der Waals surface area contributed by atoms with Crippen molar-refractivity contribution >= 4 is 29.1 Å². The molecule has 0 amide bonds. The molecular weight excluding hydrogens is 206 g/mol. The summed E-state index contributed by atoms with van der Waals surface area (Å²) in [6.45, 7) is 4.29. The maximum atomic E-state index is 5.18. The van der Waals surface area contributed by atoms with Crippen molar-refractivity contribution in [3.8, 4) is 0 Å². The Kier molecular flexibility index (Phi) is 2.78. The standard InChI is InChI=1S/C11H11N3S/c1-2-7-12-10-11(15)14-9-6-4-3-5-8(9)13-10/h2-6H,1,7H2,(H,12,13)(H,14,15). The largest absolute Gasteiger partial charge is 0.364 e. The van der Waals surface area contributed by atoms with Crippen molar-refractivity contribution in [2.45, 2.75) is 0 Å². The van der Waals surface area contributed by atoms with E-state index in [2.05, 4.69) is 21.9 Å². The Morgan fingerprint density at radius 3 is 3.07 bits per heavy atom. The number of aromatic nitrogens is 2. The number of aromatic amines is 1. The summed E-state index contributed by atoms with van der Waals surface area (Å²) in [6.07, 6.45) is 1.77. The predicted molar refractivity (Wildman–Crippen MR) is 65.6 cm³/mol. The average molecular weight is 217 g/mol. The van der Waals surface area contributed by atoms with Crippen molar-refractivity contribution in [3.63, 3.8) is 0 Å². The van der Waals surface area contributed by atoms with Crippen LogP contribution in [0.4, 0.5) is 5.82 Å². The molecule has 2 rings (SSSR count). The molecule has 2 aromatic rings. The van der Waals surface area contributed by atoms with Crippen molar-refractivity contribution < 1.29 is 0 Å². The smallest absolute Gasteiger partial charge is 0.162 e. The highest BCUT2D eigenvalue weighted by atomic mass is 32.1. The number of nitrogens with one attached hydrogen (secondary N) is 2. The SMILES string of the molecule is C=CCNc1nc2ccccc2[nH]c1=S. The van der Waals surface area contributed by atoms with Crippen molar-refractivity contribution in [3.05, 3.63) is 41.6 Å². The highest BCUT2D eigenvalue weighted by molar-refractivity contribution is 7.71. The fourth-order valence-electron chi connectivity index (χ4n) is 1.32. The minimum absolute atomic E-state index is 0.621. The quantitative estimate of drug-likeness (QED) is 0.613. The molecule has 1 aromatic carbocycles. The van der Waals surface area contributed by atoms with Gasteiger partial charge in [-0.3, -0.25) is 0 Å². The summed E-state index contributed by atoms with van der Waals surface area (Å²) in [7, 11) is 0. The lowest BCUT2D eigenvalue weighted by atomic mass is 10.3. The summed E-state index contributed by atoms with van der Waals surface area (Å²) >= 11 is 5.18. The van der Waals surface area contributed by atoms with E-state index in [1.54, 1.807) is 6.08 Å². The lowest BCUT2D eigenvalue weighted by Gasteiger charge is -2.04. The van der Waals surface area contributed by atoms with E-state index in [9.17, 15) is 0 Å². The van der Waals surface area contributed by atoms with E-state index < -0.39 is 0 Å². The van der Waals surface area contributed by atoms with Crippen LogP contribution in [-0.4, -0.2) is 16.5 Å². The molecule has 0 saturated heterocycles. The molecule has 1 aromatic heterocycles. The summed E-state index contributed by atoms with van der Waals surface area (Å²) in [4.78, 5) is 7.54. The molecule has 0 radical (unpaired) electrons. The second-order valence-electron chi connectivity index (χ2n) is 3.10. The van der Waals surface area contributed by atoms with Crippen LogP contribution in [0.1, 0.15) is 0 Å². The summed E-state index contributed by atoms with van der Waals surface area (Å²) in [6, 6.07) is 7.80. The van der Waals surface area contributed by atoms with E-state index in [0.29, 0.717) is 17.0 Å². The molecule has 3 nitrogen and oxygen atoms in total. The lowest BCUT2D eigenvalue weighted by molar-refractivity contribution is 1.20. The van der Waals surface area contributed by atoms with E-state index >= 15 is 0 Å². The van der Waals surface area contributed by atoms with Gasteiger partial charge in [0.2, 0.25) is 0 Å². The number of rotatable bonds is 3. The van der Waals surface area contributed by atoms with Crippen LogP contribution in [0.5, 0.6) is 0 Å². The maximum absolute atomic E-state index is 5.18. The van der Waals surface area contributed by atoms with E-state index in [0.717, 1.165) is 11.0 Å². The maximum Gasteiger partial charge on any atom is 0.162 e. The van der Waals surface area contributed by atoms with Crippen LogP contribution in [0.15, 0.2) is 36.9 Å². The first kappa shape index (κ1) is 9.86. The second kappa shape index (κ2) is 4.23. The Morgan fingerprint density at radius 2 is 2.27 bits per heavy atom. The molecule has 0 saturated carbocycles. The zero-order valence-corrected chi connectivity index (χ0v) is 8.97. The highest BCUT2D eigenvalue weighted by Gasteiger charge is 1.99. The Hall–Kier alpha value is -1.68. The van der Waals surface area contributed by atoms with Gasteiger partial charge in [0.05, 0.1) is 11.0 Å². The summed E-state index contributed by atoms with van der Waals surface area (Å²) in [5.74, 6) is 0.698. The Bertz CT molecular complexity index is 545. The van der Waals surface area contributed by atoms with Gasteiger partial charge in [0, 0.05) is 6.54 Å². The van der Waals surface area contributed by atoms with Gasteiger partial charge in [0.25, 0.3) is 0 Å². The number of para-hydroxylation sites is 2. The van der Waals surface area contributed by atoms with E-state index in [4.69, 9.17) is 12.2 Å². The van der Waals surface area contributed by atoms with Crippen LogP contribution in [0.2, 0.25) is 0 Å². The van der Waals surface area contributed by atoms with Gasteiger partial charge in [-0.25, -0.2) is 4.98 Å². The Labute approximate surface area is 92.9 Å². The fraction of sp³-hybridized carbons (Fsp3) is 0.0909. The molecular formula is C11H11N3S. The predicted octanol–water partition coefficient (Wildman–Crippen LogP) is 2.89. The molecule has 15 heavy (non-hydrogen) atoms. The van der Waals surface area contributed by atoms with Gasteiger partial charge in [-0.05, 0) is 12.1 Å². The molecule has 0 fully saturated rings. The first-order chi connectivity index (χ1) is 7.31. The number of benzene rings is 1. The van der Waals surface area contributed by atoms with Gasteiger partial charge in [0.1, 0.15) is 4.64 Å². The lowest BCUT2D eigenvalue weighted by Crippen LogP contribution is -2.02. The zero-order valence-electron chi connectivity index (χ0n) is 8.16. The van der Waals surface area contributed by atoms with Gasteiger partial charge >= 0.3 is 0 Å². The second-order valence-corrected chi connectivity index (χ2v) is 3.51. The zero-order chi connectivity index (χ0) is 10.7. The third-order valence-corrected chi connectivity index (χ3v) is 2.31. The number of H-pyrrole nitrogens is 1. The van der Waals surface area contributed by atoms with Crippen molar-refractivity contribution in [1.29, 1.82) is 0 Å². The molecule has 2 N–H and O–H groups in total. The van der Waals surface area contributed by atoms with Gasteiger partial charge < -0.3 is 10.3 Å². The molecule has 4 heteroatoms. The van der Waals surface area contributed by atoms with E-state index in [-0.39, 0.29) is 0 Å². The van der Waals surface area contributed by atoms with Gasteiger partial charge in [-0.15, -0.1) is 6.58 Å². The average Bonchev–Trinajstić information content (AvgIpc) is 2.26. The first-order valence-corrected chi connectivity index (χ1v) is 5.06. The highest BCUT2D eigenvalue weighted by Crippen LogP contribution is 2.12. The van der Waals surface area contributed by atoms with Gasteiger partial charge in [-0.2, -0.15) is 0 Å². The minimum Gasteiger partial charge on any atom is -0.364 e.